The topological polar surface area (TPSA) is 89.6 Å². The van der Waals surface area contributed by atoms with Gasteiger partial charge in [-0.2, -0.15) is 4.68 Å². The number of carbonyl (C=O) groups excluding carboxylic acids is 1. The fraction of sp³-hybridized carbons (Fsp3) is 0. The third-order valence-corrected chi connectivity index (χ3v) is 3.09. The van der Waals surface area contributed by atoms with Crippen LogP contribution in [0.15, 0.2) is 42.6 Å². The first kappa shape index (κ1) is 12.4. The molecule has 1 aromatic carbocycles. The minimum atomic E-state index is -0.298. The molecule has 3 N–H and O–H groups in total. The van der Waals surface area contributed by atoms with Crippen LogP contribution in [0.5, 0.6) is 0 Å². The summed E-state index contributed by atoms with van der Waals surface area (Å²) in [6.07, 6.45) is 1.66. The number of hydrogen-bond donors (Lipinski definition) is 2. The summed E-state index contributed by atoms with van der Waals surface area (Å²) in [6.45, 7) is 0. The van der Waals surface area contributed by atoms with Crippen LogP contribution >= 0.6 is 11.6 Å². The molecule has 0 amide bonds. The number of nitrogens with one attached hydrogen (secondary N) is 1. The van der Waals surface area contributed by atoms with Crippen LogP contribution in [-0.2, 0) is 0 Å². The van der Waals surface area contributed by atoms with Crippen molar-refractivity contribution in [2.45, 2.75) is 0 Å². The van der Waals surface area contributed by atoms with E-state index in [9.17, 15) is 4.79 Å². The highest BCUT2D eigenvalue weighted by Crippen LogP contribution is 2.19. The average molecular weight is 288 g/mol. The predicted octanol–water partition coefficient (Wildman–Crippen LogP) is 2.06. The van der Waals surface area contributed by atoms with Gasteiger partial charge in [-0.1, -0.05) is 16.8 Å². The quantitative estimate of drug-likeness (QED) is 0.722. The zero-order chi connectivity index (χ0) is 14.1. The Morgan fingerprint density at radius 1 is 1.25 bits per heavy atom. The van der Waals surface area contributed by atoms with Crippen molar-refractivity contribution >= 4 is 23.2 Å². The second-order valence-corrected chi connectivity index (χ2v) is 4.56. The SMILES string of the molecule is Nc1c(C(=O)c2ccc[nH]2)nnn1-c1ccc(Cl)cc1. The second kappa shape index (κ2) is 4.82. The third-order valence-electron chi connectivity index (χ3n) is 2.83. The fourth-order valence-electron chi connectivity index (χ4n) is 1.82. The first-order valence-corrected chi connectivity index (χ1v) is 6.20. The minimum absolute atomic E-state index is 0.113. The Balaban J connectivity index is 2.01. The Labute approximate surface area is 119 Å². The molecule has 0 saturated heterocycles. The summed E-state index contributed by atoms with van der Waals surface area (Å²) in [4.78, 5) is 15.0. The molecular formula is C13H10ClN5O. The van der Waals surface area contributed by atoms with Crippen molar-refractivity contribution in [3.8, 4) is 5.69 Å². The Kier molecular flexibility index (Phi) is 3.00. The van der Waals surface area contributed by atoms with Gasteiger partial charge < -0.3 is 10.7 Å². The molecule has 6 nitrogen and oxygen atoms in total. The van der Waals surface area contributed by atoms with Crippen LogP contribution in [0.2, 0.25) is 5.02 Å². The van der Waals surface area contributed by atoms with Gasteiger partial charge in [-0.05, 0) is 36.4 Å². The van der Waals surface area contributed by atoms with Crippen molar-refractivity contribution in [1.82, 2.24) is 20.0 Å². The zero-order valence-corrected chi connectivity index (χ0v) is 11.0. The van der Waals surface area contributed by atoms with Gasteiger partial charge in [0.25, 0.3) is 0 Å². The lowest BCUT2D eigenvalue weighted by Crippen LogP contribution is -2.08. The summed E-state index contributed by atoms with van der Waals surface area (Å²) in [7, 11) is 0. The van der Waals surface area contributed by atoms with E-state index in [-0.39, 0.29) is 17.3 Å². The van der Waals surface area contributed by atoms with Crippen LogP contribution < -0.4 is 5.73 Å². The van der Waals surface area contributed by atoms with Gasteiger partial charge in [-0.25, -0.2) is 0 Å². The second-order valence-electron chi connectivity index (χ2n) is 4.12. The number of ketones is 1. The van der Waals surface area contributed by atoms with Crippen LogP contribution in [-0.4, -0.2) is 25.8 Å². The van der Waals surface area contributed by atoms with Gasteiger partial charge in [-0.15, -0.1) is 5.10 Å². The van der Waals surface area contributed by atoms with E-state index in [0.29, 0.717) is 16.4 Å². The molecule has 0 spiro atoms. The van der Waals surface area contributed by atoms with E-state index in [1.807, 2.05) is 0 Å². The molecule has 2 heterocycles. The Hall–Kier alpha value is -2.60. The van der Waals surface area contributed by atoms with E-state index in [1.54, 1.807) is 42.6 Å². The smallest absolute Gasteiger partial charge is 0.233 e. The molecular weight excluding hydrogens is 278 g/mol. The highest BCUT2D eigenvalue weighted by Gasteiger charge is 2.20. The molecule has 0 radical (unpaired) electrons. The molecule has 0 fully saturated rings. The van der Waals surface area contributed by atoms with E-state index < -0.39 is 0 Å². The zero-order valence-electron chi connectivity index (χ0n) is 10.2. The first-order chi connectivity index (χ1) is 9.66. The van der Waals surface area contributed by atoms with Gasteiger partial charge in [0, 0.05) is 11.2 Å². The molecule has 7 heteroatoms. The minimum Gasteiger partial charge on any atom is -0.382 e. The Morgan fingerprint density at radius 2 is 2.00 bits per heavy atom. The molecule has 3 aromatic rings. The number of aromatic nitrogens is 4. The number of aromatic amines is 1. The van der Waals surface area contributed by atoms with Crippen LogP contribution in [0.1, 0.15) is 16.2 Å². The summed E-state index contributed by atoms with van der Waals surface area (Å²) in [5, 5.41) is 8.37. The van der Waals surface area contributed by atoms with Crippen molar-refractivity contribution in [3.63, 3.8) is 0 Å². The predicted molar refractivity (Wildman–Crippen MR) is 75.0 cm³/mol. The normalized spacial score (nSPS) is 10.7. The molecule has 0 unspecified atom stereocenters. The van der Waals surface area contributed by atoms with E-state index in [0.717, 1.165) is 0 Å². The molecule has 0 atom stereocenters. The molecule has 0 aliphatic heterocycles. The molecule has 0 bridgehead atoms. The van der Waals surface area contributed by atoms with Crippen LogP contribution in [0, 0.1) is 0 Å². The first-order valence-electron chi connectivity index (χ1n) is 5.82. The molecule has 0 aliphatic rings. The van der Waals surface area contributed by atoms with Crippen molar-refractivity contribution < 1.29 is 4.79 Å². The lowest BCUT2D eigenvalue weighted by atomic mass is 10.2. The van der Waals surface area contributed by atoms with Crippen molar-refractivity contribution in [2.75, 3.05) is 5.73 Å². The molecule has 0 aliphatic carbocycles. The maximum Gasteiger partial charge on any atom is 0.233 e. The summed E-state index contributed by atoms with van der Waals surface area (Å²) in [6, 6.07) is 10.3. The van der Waals surface area contributed by atoms with Gasteiger partial charge in [0.05, 0.1) is 11.4 Å². The molecule has 20 heavy (non-hydrogen) atoms. The van der Waals surface area contributed by atoms with Gasteiger partial charge in [0.1, 0.15) is 0 Å². The van der Waals surface area contributed by atoms with Crippen molar-refractivity contribution in [2.24, 2.45) is 0 Å². The molecule has 100 valence electrons. The Bertz CT molecular complexity index is 746. The van der Waals surface area contributed by atoms with Gasteiger partial charge in [0.2, 0.25) is 5.78 Å². The lowest BCUT2D eigenvalue weighted by Gasteiger charge is -2.02. The fourth-order valence-corrected chi connectivity index (χ4v) is 1.95. The highest BCUT2D eigenvalue weighted by molar-refractivity contribution is 6.30. The summed E-state index contributed by atoms with van der Waals surface area (Å²) in [5.41, 5.74) is 7.17. The van der Waals surface area contributed by atoms with E-state index in [1.165, 1.54) is 4.68 Å². The van der Waals surface area contributed by atoms with Gasteiger partial charge >= 0.3 is 0 Å². The summed E-state index contributed by atoms with van der Waals surface area (Å²) < 4.78 is 1.40. The van der Waals surface area contributed by atoms with Crippen molar-refractivity contribution in [1.29, 1.82) is 0 Å². The number of halogens is 1. The number of H-pyrrole nitrogens is 1. The summed E-state index contributed by atoms with van der Waals surface area (Å²) in [5.74, 6) is -0.111. The van der Waals surface area contributed by atoms with Crippen LogP contribution in [0.3, 0.4) is 0 Å². The highest BCUT2D eigenvalue weighted by atomic mass is 35.5. The lowest BCUT2D eigenvalue weighted by molar-refractivity contribution is 0.103. The summed E-state index contributed by atoms with van der Waals surface area (Å²) >= 11 is 5.83. The number of nitrogens with two attached hydrogens (primary N) is 1. The molecule has 2 aromatic heterocycles. The number of nitrogen functional groups attached to an aromatic ring is 1. The molecule has 0 saturated carbocycles. The monoisotopic (exact) mass is 287 g/mol. The van der Waals surface area contributed by atoms with E-state index in [2.05, 4.69) is 15.3 Å². The number of anilines is 1. The van der Waals surface area contributed by atoms with E-state index >= 15 is 0 Å². The third kappa shape index (κ3) is 2.06. The maximum atomic E-state index is 12.2. The number of nitrogens with zero attached hydrogens (tertiary/aromatic N) is 3. The van der Waals surface area contributed by atoms with Crippen LogP contribution in [0.25, 0.3) is 5.69 Å². The van der Waals surface area contributed by atoms with Gasteiger partial charge in [-0.3, -0.25) is 4.79 Å². The largest absolute Gasteiger partial charge is 0.382 e. The van der Waals surface area contributed by atoms with E-state index in [4.69, 9.17) is 17.3 Å². The number of rotatable bonds is 3. The van der Waals surface area contributed by atoms with Crippen molar-refractivity contribution in [3.05, 3.63) is 59.0 Å². The number of benzene rings is 1. The van der Waals surface area contributed by atoms with Gasteiger partial charge in [0.15, 0.2) is 11.5 Å². The Morgan fingerprint density at radius 3 is 2.65 bits per heavy atom. The molecule has 3 rings (SSSR count). The standard InChI is InChI=1S/C13H10ClN5O/c14-8-3-5-9(6-4-8)19-13(15)11(17-18-19)12(20)10-2-1-7-16-10/h1-7,16H,15H2. The number of hydrogen-bond acceptors (Lipinski definition) is 4. The maximum absolute atomic E-state index is 12.2. The average Bonchev–Trinajstić information content (AvgIpc) is 3.09. The number of carbonyl (C=O) groups is 1. The van der Waals surface area contributed by atoms with Crippen LogP contribution in [0.4, 0.5) is 5.82 Å².